The maximum absolute atomic E-state index is 13.5. The number of alkyl halides is 3. The van der Waals surface area contributed by atoms with Crippen LogP contribution in [-0.4, -0.2) is 22.8 Å². The van der Waals surface area contributed by atoms with E-state index in [-0.39, 0.29) is 17.2 Å². The predicted molar refractivity (Wildman–Crippen MR) is 66.0 cm³/mol. The van der Waals surface area contributed by atoms with Gasteiger partial charge in [0.25, 0.3) is 0 Å². The molecule has 0 aliphatic carbocycles. The molecule has 0 saturated heterocycles. The molecule has 0 amide bonds. The van der Waals surface area contributed by atoms with Gasteiger partial charge < -0.3 is 15.0 Å². The SMILES string of the molecule is COc1cc2c(cc1F)nc(N)n2C(C)CC(F)(F)F. The van der Waals surface area contributed by atoms with Crippen molar-refractivity contribution in [3.05, 3.63) is 17.9 Å². The number of aromatic nitrogens is 2. The van der Waals surface area contributed by atoms with Gasteiger partial charge in [-0.05, 0) is 6.92 Å². The maximum atomic E-state index is 13.5. The quantitative estimate of drug-likeness (QED) is 0.883. The average molecular weight is 291 g/mol. The second-order valence-corrected chi connectivity index (χ2v) is 4.48. The summed E-state index contributed by atoms with van der Waals surface area (Å²) >= 11 is 0. The first-order valence-electron chi connectivity index (χ1n) is 5.80. The van der Waals surface area contributed by atoms with Crippen LogP contribution in [0.1, 0.15) is 19.4 Å². The Morgan fingerprint density at radius 3 is 2.60 bits per heavy atom. The number of rotatable bonds is 3. The largest absolute Gasteiger partial charge is 0.494 e. The number of imidazole rings is 1. The molecule has 0 aliphatic rings. The zero-order valence-electron chi connectivity index (χ0n) is 10.8. The van der Waals surface area contributed by atoms with Crippen LogP contribution in [0.3, 0.4) is 0 Å². The van der Waals surface area contributed by atoms with E-state index in [0.29, 0.717) is 5.52 Å². The highest BCUT2D eigenvalue weighted by Crippen LogP contribution is 2.33. The number of benzene rings is 1. The van der Waals surface area contributed by atoms with Crippen molar-refractivity contribution in [1.82, 2.24) is 9.55 Å². The summed E-state index contributed by atoms with van der Waals surface area (Å²) in [6, 6.07) is 1.43. The number of ether oxygens (including phenoxy) is 1. The third-order valence-corrected chi connectivity index (χ3v) is 2.96. The minimum Gasteiger partial charge on any atom is -0.494 e. The molecule has 2 N–H and O–H groups in total. The van der Waals surface area contributed by atoms with Gasteiger partial charge in [0.1, 0.15) is 0 Å². The molecule has 0 radical (unpaired) electrons. The first-order valence-corrected chi connectivity index (χ1v) is 5.80. The zero-order chi connectivity index (χ0) is 15.1. The zero-order valence-corrected chi connectivity index (χ0v) is 10.8. The first-order chi connectivity index (χ1) is 9.23. The minimum atomic E-state index is -4.33. The standard InChI is InChI=1S/C12H13F4N3O/c1-6(5-12(14,15)16)19-9-4-10(20-2)7(13)3-8(9)18-11(19)17/h3-4,6H,5H2,1-2H3,(H2,17,18). The predicted octanol–water partition coefficient (Wildman–Crippen LogP) is 3.28. The van der Waals surface area contributed by atoms with Gasteiger partial charge in [0, 0.05) is 18.2 Å². The van der Waals surface area contributed by atoms with Crippen LogP contribution < -0.4 is 10.5 Å². The van der Waals surface area contributed by atoms with E-state index in [0.717, 1.165) is 6.07 Å². The Bertz CT molecular complexity index is 636. The van der Waals surface area contributed by atoms with E-state index < -0.39 is 24.5 Å². The topological polar surface area (TPSA) is 53.1 Å². The summed E-state index contributed by atoms with van der Waals surface area (Å²) in [5.74, 6) is -0.810. The summed E-state index contributed by atoms with van der Waals surface area (Å²) < 4.78 is 57.0. The smallest absolute Gasteiger partial charge is 0.391 e. The normalized spacial score (nSPS) is 13.7. The van der Waals surface area contributed by atoms with Crippen molar-refractivity contribution in [3.63, 3.8) is 0 Å². The van der Waals surface area contributed by atoms with Crippen molar-refractivity contribution in [2.45, 2.75) is 25.6 Å². The summed E-state index contributed by atoms with van der Waals surface area (Å²) in [4.78, 5) is 3.88. The number of fused-ring (bicyclic) bond motifs is 1. The number of halogens is 4. The van der Waals surface area contributed by atoms with E-state index in [1.54, 1.807) is 0 Å². The Balaban J connectivity index is 2.55. The molecule has 1 aromatic carbocycles. The molecule has 1 aromatic heterocycles. The Hall–Kier alpha value is -1.99. The molecular formula is C12H13F4N3O. The van der Waals surface area contributed by atoms with Gasteiger partial charge in [0.2, 0.25) is 5.95 Å². The molecule has 110 valence electrons. The summed E-state index contributed by atoms with van der Waals surface area (Å²) in [6.07, 6.45) is -5.38. The second-order valence-electron chi connectivity index (χ2n) is 4.48. The molecule has 1 unspecified atom stereocenters. The molecule has 8 heteroatoms. The fourth-order valence-corrected chi connectivity index (χ4v) is 2.16. The van der Waals surface area contributed by atoms with Crippen LogP contribution in [0.5, 0.6) is 5.75 Å². The van der Waals surface area contributed by atoms with Gasteiger partial charge in [0.05, 0.1) is 24.6 Å². The number of nitrogen functional groups attached to an aromatic ring is 1. The third kappa shape index (κ3) is 2.63. The van der Waals surface area contributed by atoms with Gasteiger partial charge in [-0.1, -0.05) is 0 Å². The molecule has 0 saturated carbocycles. The number of anilines is 1. The van der Waals surface area contributed by atoms with Gasteiger partial charge in [0.15, 0.2) is 11.6 Å². The van der Waals surface area contributed by atoms with Gasteiger partial charge >= 0.3 is 6.18 Å². The van der Waals surface area contributed by atoms with Crippen molar-refractivity contribution >= 4 is 17.0 Å². The van der Waals surface area contributed by atoms with Crippen LogP contribution in [-0.2, 0) is 0 Å². The number of hydrogen-bond acceptors (Lipinski definition) is 3. The fourth-order valence-electron chi connectivity index (χ4n) is 2.16. The van der Waals surface area contributed by atoms with Crippen molar-refractivity contribution in [3.8, 4) is 5.75 Å². The van der Waals surface area contributed by atoms with E-state index in [2.05, 4.69) is 4.98 Å². The highest BCUT2D eigenvalue weighted by atomic mass is 19.4. The van der Waals surface area contributed by atoms with E-state index in [9.17, 15) is 17.6 Å². The van der Waals surface area contributed by atoms with Crippen LogP contribution in [0.4, 0.5) is 23.5 Å². The molecule has 0 fully saturated rings. The van der Waals surface area contributed by atoms with Gasteiger partial charge in [-0.2, -0.15) is 13.2 Å². The molecule has 20 heavy (non-hydrogen) atoms. The second kappa shape index (κ2) is 4.84. The number of nitrogens with zero attached hydrogens (tertiary/aromatic N) is 2. The molecule has 0 aliphatic heterocycles. The molecule has 4 nitrogen and oxygen atoms in total. The lowest BCUT2D eigenvalue weighted by Crippen LogP contribution is -2.17. The number of hydrogen-bond donors (Lipinski definition) is 1. The Kier molecular flexibility index (Phi) is 3.49. The monoisotopic (exact) mass is 291 g/mol. The van der Waals surface area contributed by atoms with Crippen LogP contribution in [0.25, 0.3) is 11.0 Å². The van der Waals surface area contributed by atoms with Gasteiger partial charge in [-0.3, -0.25) is 0 Å². The molecular weight excluding hydrogens is 278 g/mol. The van der Waals surface area contributed by atoms with Crippen LogP contribution in [0.15, 0.2) is 12.1 Å². The number of methoxy groups -OCH3 is 1. The van der Waals surface area contributed by atoms with Crippen molar-refractivity contribution in [1.29, 1.82) is 0 Å². The number of nitrogens with two attached hydrogens (primary N) is 1. The lowest BCUT2D eigenvalue weighted by atomic mass is 10.2. The minimum absolute atomic E-state index is 0.0714. The Morgan fingerprint density at radius 2 is 2.05 bits per heavy atom. The Morgan fingerprint density at radius 1 is 1.40 bits per heavy atom. The molecule has 2 rings (SSSR count). The molecule has 0 spiro atoms. The molecule has 0 bridgehead atoms. The fraction of sp³-hybridized carbons (Fsp3) is 0.417. The molecule has 2 aromatic rings. The van der Waals surface area contributed by atoms with E-state index in [1.165, 1.54) is 24.7 Å². The highest BCUT2D eigenvalue weighted by Gasteiger charge is 2.32. The van der Waals surface area contributed by atoms with Crippen LogP contribution >= 0.6 is 0 Å². The molecule has 1 atom stereocenters. The summed E-state index contributed by atoms with van der Waals surface area (Å²) in [5.41, 5.74) is 6.13. The third-order valence-electron chi connectivity index (χ3n) is 2.96. The highest BCUT2D eigenvalue weighted by molar-refractivity contribution is 5.80. The summed E-state index contributed by atoms with van der Waals surface area (Å²) in [6.45, 7) is 1.38. The van der Waals surface area contributed by atoms with E-state index in [4.69, 9.17) is 10.5 Å². The molecule has 1 heterocycles. The average Bonchev–Trinajstić information content (AvgIpc) is 2.60. The van der Waals surface area contributed by atoms with Crippen molar-refractivity contribution in [2.75, 3.05) is 12.8 Å². The van der Waals surface area contributed by atoms with Crippen LogP contribution in [0, 0.1) is 5.82 Å². The lowest BCUT2D eigenvalue weighted by molar-refractivity contribution is -0.141. The van der Waals surface area contributed by atoms with E-state index >= 15 is 0 Å². The van der Waals surface area contributed by atoms with Gasteiger partial charge in [-0.25, -0.2) is 9.37 Å². The first kappa shape index (κ1) is 14.4. The Labute approximate surface area is 112 Å². The van der Waals surface area contributed by atoms with Gasteiger partial charge in [-0.15, -0.1) is 0 Å². The summed E-state index contributed by atoms with van der Waals surface area (Å²) in [7, 11) is 1.27. The van der Waals surface area contributed by atoms with Crippen LogP contribution in [0.2, 0.25) is 0 Å². The maximum Gasteiger partial charge on any atom is 0.391 e. The van der Waals surface area contributed by atoms with Crippen molar-refractivity contribution in [2.24, 2.45) is 0 Å². The summed E-state index contributed by atoms with van der Waals surface area (Å²) in [5, 5.41) is 0. The van der Waals surface area contributed by atoms with E-state index in [1.807, 2.05) is 0 Å². The lowest BCUT2D eigenvalue weighted by Gasteiger charge is -2.18. The van der Waals surface area contributed by atoms with Crippen molar-refractivity contribution < 1.29 is 22.3 Å².